The van der Waals surface area contributed by atoms with Gasteiger partial charge in [-0.2, -0.15) is 0 Å². The van der Waals surface area contributed by atoms with Gasteiger partial charge in [0.2, 0.25) is 11.7 Å². The number of carbonyl (C=O) groups excluding carboxylic acids is 1. The lowest BCUT2D eigenvalue weighted by Gasteiger charge is -2.16. The van der Waals surface area contributed by atoms with E-state index in [0.29, 0.717) is 23.5 Å². The lowest BCUT2D eigenvalue weighted by atomic mass is 10.1. The van der Waals surface area contributed by atoms with Gasteiger partial charge in [-0.3, -0.25) is 4.79 Å². The van der Waals surface area contributed by atoms with E-state index >= 15 is 0 Å². The molecule has 20 heavy (non-hydrogen) atoms. The maximum atomic E-state index is 11.4. The molecule has 0 saturated heterocycles. The lowest BCUT2D eigenvalue weighted by molar-refractivity contribution is -0.121. The van der Waals surface area contributed by atoms with E-state index in [1.54, 1.807) is 18.2 Å². The van der Waals surface area contributed by atoms with Crippen molar-refractivity contribution in [3.8, 4) is 11.5 Å². The van der Waals surface area contributed by atoms with E-state index in [1.165, 1.54) is 0 Å². The Morgan fingerprint density at radius 3 is 2.75 bits per heavy atom. The molecule has 0 bridgehead atoms. The van der Waals surface area contributed by atoms with Crippen molar-refractivity contribution in [3.05, 3.63) is 23.8 Å². The van der Waals surface area contributed by atoms with Crippen molar-refractivity contribution in [1.29, 1.82) is 0 Å². The van der Waals surface area contributed by atoms with Crippen LogP contribution >= 0.6 is 0 Å². The van der Waals surface area contributed by atoms with Crippen LogP contribution in [0.2, 0.25) is 0 Å². The number of nitrogens with one attached hydrogen (secondary N) is 1. The minimum Gasteiger partial charge on any atom is -0.449 e. The molecule has 0 radical (unpaired) electrons. The molecular weight excluding hydrogens is 258 g/mol. The fourth-order valence-corrected chi connectivity index (χ4v) is 2.09. The van der Waals surface area contributed by atoms with Crippen LogP contribution in [0.5, 0.6) is 11.5 Å². The second kappa shape index (κ2) is 5.71. The molecule has 1 amide bonds. The van der Waals surface area contributed by atoms with Gasteiger partial charge < -0.3 is 19.9 Å². The maximum absolute atomic E-state index is 11.4. The largest absolute Gasteiger partial charge is 0.449 e. The Hall–Kier alpha value is -1.75. The van der Waals surface area contributed by atoms with E-state index < -0.39 is 11.9 Å². The van der Waals surface area contributed by atoms with Crippen LogP contribution in [0.3, 0.4) is 0 Å². The summed E-state index contributed by atoms with van der Waals surface area (Å²) in [5.41, 5.74) is 0.696. The van der Waals surface area contributed by atoms with Crippen molar-refractivity contribution in [2.75, 3.05) is 6.54 Å². The number of hydrogen-bond donors (Lipinski definition) is 2. The van der Waals surface area contributed by atoms with Gasteiger partial charge in [0.25, 0.3) is 0 Å². The van der Waals surface area contributed by atoms with Gasteiger partial charge >= 0.3 is 0 Å². The average Bonchev–Trinajstić information content (AvgIpc) is 2.68. The molecule has 1 aliphatic heterocycles. The molecule has 5 heteroatoms. The molecule has 1 aliphatic rings. The van der Waals surface area contributed by atoms with Crippen LogP contribution in [-0.2, 0) is 4.79 Å². The number of rotatable bonds is 5. The van der Waals surface area contributed by atoms with Crippen molar-refractivity contribution < 1.29 is 19.4 Å². The van der Waals surface area contributed by atoms with Crippen LogP contribution in [-0.4, -0.2) is 23.3 Å². The molecule has 5 nitrogen and oxygen atoms in total. The smallest absolute Gasteiger partial charge is 0.246 e. The normalized spacial score (nSPS) is 16.8. The molecule has 0 unspecified atom stereocenters. The summed E-state index contributed by atoms with van der Waals surface area (Å²) in [5, 5.41) is 12.8. The fourth-order valence-electron chi connectivity index (χ4n) is 2.09. The zero-order valence-electron chi connectivity index (χ0n) is 12.1. The molecule has 1 heterocycles. The highest BCUT2D eigenvalue weighted by atomic mass is 16.7. The molecule has 1 atom stereocenters. The molecule has 2 N–H and O–H groups in total. The van der Waals surface area contributed by atoms with Crippen molar-refractivity contribution in [1.82, 2.24) is 5.32 Å². The highest BCUT2D eigenvalue weighted by molar-refractivity contribution is 5.75. The van der Waals surface area contributed by atoms with Crippen LogP contribution in [0, 0.1) is 0 Å². The molecule has 0 aromatic heterocycles. The molecule has 0 aliphatic carbocycles. The first-order valence-electron chi connectivity index (χ1n) is 6.88. The number of ether oxygens (including phenoxy) is 2. The highest BCUT2D eigenvalue weighted by Gasteiger charge is 2.32. The van der Waals surface area contributed by atoms with Crippen LogP contribution in [0.25, 0.3) is 0 Å². The Labute approximate surface area is 118 Å². The van der Waals surface area contributed by atoms with Gasteiger partial charge in [0, 0.05) is 26.8 Å². The SMILES string of the molecule is CCCC(=O)NC[C@H](O)c1ccc2c(c1)OC(C)(C)O2. The monoisotopic (exact) mass is 279 g/mol. The molecule has 1 aromatic rings. The predicted octanol–water partition coefficient (Wildman–Crippen LogP) is 2.14. The highest BCUT2D eigenvalue weighted by Crippen LogP contribution is 2.40. The summed E-state index contributed by atoms with van der Waals surface area (Å²) in [6.07, 6.45) is 0.511. The molecule has 2 rings (SSSR count). The Kier molecular flexibility index (Phi) is 4.18. The van der Waals surface area contributed by atoms with Crippen molar-refractivity contribution in [2.45, 2.75) is 45.5 Å². The molecule has 1 aromatic carbocycles. The van der Waals surface area contributed by atoms with E-state index in [2.05, 4.69) is 5.32 Å². The average molecular weight is 279 g/mol. The second-order valence-electron chi connectivity index (χ2n) is 5.38. The van der Waals surface area contributed by atoms with Crippen LogP contribution < -0.4 is 14.8 Å². The van der Waals surface area contributed by atoms with Crippen LogP contribution in [0.15, 0.2) is 18.2 Å². The summed E-state index contributed by atoms with van der Waals surface area (Å²) < 4.78 is 11.2. The summed E-state index contributed by atoms with van der Waals surface area (Å²) in [6.45, 7) is 5.79. The summed E-state index contributed by atoms with van der Waals surface area (Å²) in [5.74, 6) is 0.558. The van der Waals surface area contributed by atoms with Gasteiger partial charge in [-0.25, -0.2) is 0 Å². The first-order chi connectivity index (χ1) is 9.41. The first-order valence-corrected chi connectivity index (χ1v) is 6.88. The van der Waals surface area contributed by atoms with E-state index in [4.69, 9.17) is 9.47 Å². The molecule has 0 saturated carbocycles. The number of amides is 1. The van der Waals surface area contributed by atoms with Gasteiger partial charge in [-0.1, -0.05) is 13.0 Å². The molecule has 110 valence electrons. The minimum atomic E-state index is -0.756. The number of benzene rings is 1. The predicted molar refractivity (Wildman–Crippen MR) is 74.7 cm³/mol. The third kappa shape index (κ3) is 3.42. The van der Waals surface area contributed by atoms with Gasteiger partial charge in [0.05, 0.1) is 6.10 Å². The topological polar surface area (TPSA) is 67.8 Å². The van der Waals surface area contributed by atoms with Crippen molar-refractivity contribution in [3.63, 3.8) is 0 Å². The van der Waals surface area contributed by atoms with Gasteiger partial charge in [-0.15, -0.1) is 0 Å². The Bertz CT molecular complexity index is 499. The summed E-state index contributed by atoms with van der Waals surface area (Å²) >= 11 is 0. The number of carbonyl (C=O) groups is 1. The summed E-state index contributed by atoms with van der Waals surface area (Å²) in [7, 11) is 0. The van der Waals surface area contributed by atoms with E-state index in [0.717, 1.165) is 6.42 Å². The van der Waals surface area contributed by atoms with Gasteiger partial charge in [0.1, 0.15) is 0 Å². The first kappa shape index (κ1) is 14.7. The number of hydrogen-bond acceptors (Lipinski definition) is 4. The Morgan fingerprint density at radius 2 is 2.05 bits per heavy atom. The van der Waals surface area contributed by atoms with Crippen molar-refractivity contribution in [2.24, 2.45) is 0 Å². The zero-order chi connectivity index (χ0) is 14.8. The summed E-state index contributed by atoms with van der Waals surface area (Å²) in [4.78, 5) is 11.4. The summed E-state index contributed by atoms with van der Waals surface area (Å²) in [6, 6.07) is 5.30. The number of fused-ring (bicyclic) bond motifs is 1. The Morgan fingerprint density at radius 1 is 1.35 bits per heavy atom. The van der Waals surface area contributed by atoms with Crippen molar-refractivity contribution >= 4 is 5.91 Å². The van der Waals surface area contributed by atoms with E-state index in [9.17, 15) is 9.90 Å². The fraction of sp³-hybridized carbons (Fsp3) is 0.533. The third-order valence-corrected chi connectivity index (χ3v) is 3.03. The van der Waals surface area contributed by atoms with E-state index in [-0.39, 0.29) is 12.5 Å². The Balaban J connectivity index is 1.99. The number of aliphatic hydroxyl groups excluding tert-OH is 1. The number of aliphatic hydroxyl groups is 1. The molecule has 0 fully saturated rings. The van der Waals surface area contributed by atoms with Crippen LogP contribution in [0.1, 0.15) is 45.3 Å². The standard InChI is InChI=1S/C15H21NO4/c1-4-5-14(18)16-9-11(17)10-6-7-12-13(8-10)20-15(2,3)19-12/h6-8,11,17H,4-5,9H2,1-3H3,(H,16,18)/t11-/m0/s1. The lowest BCUT2D eigenvalue weighted by Crippen LogP contribution is -2.29. The molecule has 0 spiro atoms. The minimum absolute atomic E-state index is 0.0478. The van der Waals surface area contributed by atoms with Gasteiger partial charge in [0.15, 0.2) is 11.5 Å². The zero-order valence-corrected chi connectivity index (χ0v) is 12.1. The quantitative estimate of drug-likeness (QED) is 0.866. The third-order valence-electron chi connectivity index (χ3n) is 3.03. The second-order valence-corrected chi connectivity index (χ2v) is 5.38. The van der Waals surface area contributed by atoms with E-state index in [1.807, 2.05) is 20.8 Å². The van der Waals surface area contributed by atoms with Gasteiger partial charge in [-0.05, 0) is 24.1 Å². The maximum Gasteiger partial charge on any atom is 0.246 e. The van der Waals surface area contributed by atoms with Crippen LogP contribution in [0.4, 0.5) is 0 Å². The molecular formula is C15H21NO4.